The molecule has 4 rings (SSSR count). The molecule has 0 aliphatic heterocycles. The van der Waals surface area contributed by atoms with Crippen LogP contribution in [-0.2, 0) is 6.42 Å². The largest absolute Gasteiger partial charge is 0.497 e. The molecule has 4 aromatic rings. The van der Waals surface area contributed by atoms with Crippen LogP contribution < -0.4 is 15.9 Å². The van der Waals surface area contributed by atoms with Gasteiger partial charge in [-0.3, -0.25) is 9.59 Å². The summed E-state index contributed by atoms with van der Waals surface area (Å²) in [6.45, 7) is 6.12. The van der Waals surface area contributed by atoms with Crippen LogP contribution in [0.15, 0.2) is 69.9 Å². The number of nitrogens with zero attached hydrogens (tertiary/aromatic N) is 2. The first-order valence-corrected chi connectivity index (χ1v) is 13.6. The third kappa shape index (κ3) is 6.31. The van der Waals surface area contributed by atoms with Crippen molar-refractivity contribution in [2.24, 2.45) is 11.7 Å². The van der Waals surface area contributed by atoms with Crippen LogP contribution in [0.5, 0.6) is 5.75 Å². The van der Waals surface area contributed by atoms with Crippen molar-refractivity contribution in [2.75, 3.05) is 20.2 Å². The number of nitriles is 1. The second kappa shape index (κ2) is 12.8. The number of rotatable bonds is 10. The number of amides is 1. The van der Waals surface area contributed by atoms with Gasteiger partial charge in [0.1, 0.15) is 22.9 Å². The number of fused-ring (bicyclic) bond motifs is 1. The Morgan fingerprint density at radius 3 is 2.59 bits per heavy atom. The molecule has 8 heteroatoms. The Balaban J connectivity index is 1.96. The molecule has 1 heterocycles. The molecule has 3 aromatic carbocycles. The number of nitrogens with two attached hydrogens (primary N) is 1. The molecule has 0 aliphatic carbocycles. The SMILES string of the molecule is COc1cccc(Cc2c(C(C(C)C)N(CCCN)C(=O)c3ccc(C)c(F)c3)oc3cc(C#N)ccc3c2=O)c1. The fraction of sp³-hybridized carbons (Fsp3) is 0.303. The van der Waals surface area contributed by atoms with E-state index in [1.54, 1.807) is 43.2 Å². The predicted octanol–water partition coefficient (Wildman–Crippen LogP) is 5.90. The molecule has 7 nitrogen and oxygen atoms in total. The summed E-state index contributed by atoms with van der Waals surface area (Å²) in [6.07, 6.45) is 0.719. The van der Waals surface area contributed by atoms with Crippen molar-refractivity contribution in [3.05, 3.63) is 110 Å². The third-order valence-corrected chi connectivity index (χ3v) is 7.18. The Morgan fingerprint density at radius 2 is 1.93 bits per heavy atom. The summed E-state index contributed by atoms with van der Waals surface area (Å²) in [5.41, 5.74) is 8.07. The number of hydrogen-bond acceptors (Lipinski definition) is 6. The smallest absolute Gasteiger partial charge is 0.254 e. The number of carbonyl (C=O) groups excluding carboxylic acids is 1. The van der Waals surface area contributed by atoms with Crippen LogP contribution in [0.25, 0.3) is 11.0 Å². The highest BCUT2D eigenvalue weighted by Gasteiger charge is 2.34. The highest BCUT2D eigenvalue weighted by atomic mass is 19.1. The van der Waals surface area contributed by atoms with Crippen LogP contribution in [-0.4, -0.2) is 31.0 Å². The minimum absolute atomic E-state index is 0.194. The summed E-state index contributed by atoms with van der Waals surface area (Å²) in [5.74, 6) is -0.0914. The van der Waals surface area contributed by atoms with Crippen LogP contribution in [0.2, 0.25) is 0 Å². The van der Waals surface area contributed by atoms with Crippen LogP contribution in [0, 0.1) is 30.0 Å². The number of hydrogen-bond donors (Lipinski definition) is 1. The van der Waals surface area contributed by atoms with Gasteiger partial charge in [-0.05, 0) is 79.4 Å². The topological polar surface area (TPSA) is 110 Å². The molecule has 1 aromatic heterocycles. The van der Waals surface area contributed by atoms with Crippen LogP contribution in [0.4, 0.5) is 4.39 Å². The van der Waals surface area contributed by atoms with E-state index in [-0.39, 0.29) is 35.5 Å². The van der Waals surface area contributed by atoms with Crippen molar-refractivity contribution < 1.29 is 18.3 Å². The fourth-order valence-corrected chi connectivity index (χ4v) is 5.04. The van der Waals surface area contributed by atoms with E-state index in [9.17, 15) is 19.2 Å². The molecular weight excluding hydrogens is 521 g/mol. The number of ether oxygens (including phenoxy) is 1. The van der Waals surface area contributed by atoms with E-state index in [1.807, 2.05) is 38.1 Å². The molecule has 1 atom stereocenters. The standard InChI is InChI=1S/C33H34FN3O4/c1-20(2)30(37(14-6-13-35)33(39)24-11-9-21(3)28(34)18-24)32-27(16-22-7-5-8-25(15-22)40-4)31(38)26-12-10-23(19-36)17-29(26)41-32/h5,7-12,15,17-18,20,30H,6,13-14,16,35H2,1-4H3. The molecule has 0 fully saturated rings. The van der Waals surface area contributed by atoms with E-state index < -0.39 is 17.8 Å². The highest BCUT2D eigenvalue weighted by Crippen LogP contribution is 2.35. The molecular formula is C33H34FN3O4. The van der Waals surface area contributed by atoms with E-state index in [4.69, 9.17) is 14.9 Å². The van der Waals surface area contributed by atoms with Gasteiger partial charge in [-0.1, -0.05) is 32.0 Å². The highest BCUT2D eigenvalue weighted by molar-refractivity contribution is 5.94. The summed E-state index contributed by atoms with van der Waals surface area (Å²) in [7, 11) is 1.57. The number of benzene rings is 3. The zero-order valence-corrected chi connectivity index (χ0v) is 23.7. The summed E-state index contributed by atoms with van der Waals surface area (Å²) < 4.78 is 26.4. The number of aryl methyl sites for hydroxylation is 1. The van der Waals surface area contributed by atoms with Crippen molar-refractivity contribution >= 4 is 16.9 Å². The lowest BCUT2D eigenvalue weighted by Gasteiger charge is -2.35. The maximum Gasteiger partial charge on any atom is 0.254 e. The van der Waals surface area contributed by atoms with Gasteiger partial charge in [0.15, 0.2) is 5.43 Å². The first-order valence-electron chi connectivity index (χ1n) is 13.6. The molecule has 1 unspecified atom stereocenters. The van der Waals surface area contributed by atoms with Gasteiger partial charge in [-0.25, -0.2) is 4.39 Å². The van der Waals surface area contributed by atoms with Gasteiger partial charge in [-0.15, -0.1) is 0 Å². The van der Waals surface area contributed by atoms with Crippen LogP contribution in [0.3, 0.4) is 0 Å². The monoisotopic (exact) mass is 555 g/mol. The first kappa shape index (κ1) is 29.5. The van der Waals surface area contributed by atoms with E-state index in [2.05, 4.69) is 6.07 Å². The maximum absolute atomic E-state index is 14.5. The molecule has 0 bridgehead atoms. The Kier molecular flexibility index (Phi) is 9.21. The van der Waals surface area contributed by atoms with Gasteiger partial charge in [0, 0.05) is 24.1 Å². The van der Waals surface area contributed by atoms with Crippen molar-refractivity contribution in [3.8, 4) is 11.8 Å². The van der Waals surface area contributed by atoms with E-state index >= 15 is 0 Å². The van der Waals surface area contributed by atoms with Gasteiger partial charge in [0.05, 0.1) is 30.2 Å². The van der Waals surface area contributed by atoms with Crippen molar-refractivity contribution in [2.45, 2.75) is 39.7 Å². The van der Waals surface area contributed by atoms with Gasteiger partial charge < -0.3 is 19.8 Å². The zero-order valence-electron chi connectivity index (χ0n) is 23.7. The molecule has 0 spiro atoms. The molecule has 0 saturated heterocycles. The molecule has 0 aliphatic rings. The molecule has 41 heavy (non-hydrogen) atoms. The Hall–Kier alpha value is -4.48. The second-order valence-corrected chi connectivity index (χ2v) is 10.4. The van der Waals surface area contributed by atoms with E-state index in [1.165, 1.54) is 12.1 Å². The lowest BCUT2D eigenvalue weighted by molar-refractivity contribution is 0.0587. The fourth-order valence-electron chi connectivity index (χ4n) is 5.04. The predicted molar refractivity (Wildman–Crippen MR) is 156 cm³/mol. The molecule has 0 radical (unpaired) electrons. The van der Waals surface area contributed by atoms with Gasteiger partial charge in [-0.2, -0.15) is 5.26 Å². The molecule has 2 N–H and O–H groups in total. The Morgan fingerprint density at radius 1 is 1.15 bits per heavy atom. The average Bonchev–Trinajstić information content (AvgIpc) is 2.97. The summed E-state index contributed by atoms with van der Waals surface area (Å²) in [5, 5.41) is 9.82. The Labute approximate surface area is 239 Å². The maximum atomic E-state index is 14.5. The van der Waals surface area contributed by atoms with Crippen molar-refractivity contribution in [3.63, 3.8) is 0 Å². The third-order valence-electron chi connectivity index (χ3n) is 7.18. The van der Waals surface area contributed by atoms with Gasteiger partial charge >= 0.3 is 0 Å². The quantitative estimate of drug-likeness (QED) is 0.261. The van der Waals surface area contributed by atoms with Crippen molar-refractivity contribution in [1.29, 1.82) is 5.26 Å². The van der Waals surface area contributed by atoms with Gasteiger partial charge in [0.2, 0.25) is 0 Å². The van der Waals surface area contributed by atoms with Crippen LogP contribution in [0.1, 0.15) is 64.7 Å². The second-order valence-electron chi connectivity index (χ2n) is 10.4. The first-order chi connectivity index (χ1) is 19.7. The number of halogens is 1. The lowest BCUT2D eigenvalue weighted by Crippen LogP contribution is -2.40. The average molecular weight is 556 g/mol. The van der Waals surface area contributed by atoms with Gasteiger partial charge in [0.25, 0.3) is 5.91 Å². The van der Waals surface area contributed by atoms with E-state index in [0.29, 0.717) is 46.6 Å². The molecule has 212 valence electrons. The summed E-state index contributed by atoms with van der Waals surface area (Å²) >= 11 is 0. The minimum Gasteiger partial charge on any atom is -0.497 e. The Bertz CT molecular complexity index is 1670. The number of methoxy groups -OCH3 is 1. The number of carbonyl (C=O) groups is 1. The zero-order chi connectivity index (χ0) is 29.7. The summed E-state index contributed by atoms with van der Waals surface area (Å²) in [4.78, 5) is 29.6. The van der Waals surface area contributed by atoms with Crippen LogP contribution >= 0.6 is 0 Å². The minimum atomic E-state index is -0.679. The van der Waals surface area contributed by atoms with Crippen molar-refractivity contribution in [1.82, 2.24) is 4.90 Å². The van der Waals surface area contributed by atoms with E-state index in [0.717, 1.165) is 5.56 Å². The normalized spacial score (nSPS) is 11.9. The lowest BCUT2D eigenvalue weighted by atomic mass is 9.91. The molecule has 0 saturated carbocycles. The summed E-state index contributed by atoms with van der Waals surface area (Å²) in [6, 6.07) is 17.9. The molecule has 1 amide bonds.